The third-order valence-corrected chi connectivity index (χ3v) is 2.77. The van der Waals surface area contributed by atoms with E-state index in [4.69, 9.17) is 0 Å². The third kappa shape index (κ3) is 4.68. The van der Waals surface area contributed by atoms with Crippen LogP contribution in [-0.4, -0.2) is 6.18 Å². The molecule has 0 unspecified atom stereocenters. The van der Waals surface area contributed by atoms with Crippen molar-refractivity contribution in [3.63, 3.8) is 0 Å². The van der Waals surface area contributed by atoms with Crippen molar-refractivity contribution in [2.45, 2.75) is 6.18 Å². The van der Waals surface area contributed by atoms with Crippen molar-refractivity contribution in [3.8, 4) is 11.1 Å². The Morgan fingerprint density at radius 1 is 0.826 bits per heavy atom. The molecule has 8 heteroatoms. The molecule has 0 spiro atoms. The smallest absolute Gasteiger partial charge is 0.378 e. The zero-order chi connectivity index (χ0) is 16.9. The van der Waals surface area contributed by atoms with Crippen molar-refractivity contribution >= 4 is 5.69 Å². The Balaban J connectivity index is 1.96. The van der Waals surface area contributed by atoms with Gasteiger partial charge in [0.1, 0.15) is 0 Å². The lowest BCUT2D eigenvalue weighted by Gasteiger charge is -2.13. The second kappa shape index (κ2) is 7.10. The maximum atomic E-state index is 12.2. The second-order valence-electron chi connectivity index (χ2n) is 4.36. The van der Waals surface area contributed by atoms with Crippen molar-refractivity contribution in [1.82, 2.24) is 5.59 Å². The summed E-state index contributed by atoms with van der Waals surface area (Å²) in [6.45, 7) is 0. The summed E-state index contributed by atoms with van der Waals surface area (Å²) in [5.41, 5.74) is 6.07. The van der Waals surface area contributed by atoms with Gasteiger partial charge in [0.25, 0.3) is 5.76 Å². The maximum absolute atomic E-state index is 12.2. The van der Waals surface area contributed by atoms with Gasteiger partial charge in [-0.05, 0) is 23.3 Å². The van der Waals surface area contributed by atoms with E-state index in [9.17, 15) is 22.0 Å². The van der Waals surface area contributed by atoms with Gasteiger partial charge in [0, 0.05) is 0 Å². The molecule has 23 heavy (non-hydrogen) atoms. The largest absolute Gasteiger partial charge is 0.457 e. The molecule has 0 saturated carbocycles. The number of anilines is 1. The van der Waals surface area contributed by atoms with Gasteiger partial charge in [-0.3, -0.25) is 5.43 Å². The number of benzene rings is 2. The number of hydrazine groups is 1. The van der Waals surface area contributed by atoms with Crippen molar-refractivity contribution in [2.24, 2.45) is 0 Å². The Bertz CT molecular complexity index is 665. The molecule has 0 aliphatic heterocycles. The van der Waals surface area contributed by atoms with Crippen LogP contribution in [0.25, 0.3) is 11.1 Å². The first-order valence-corrected chi connectivity index (χ1v) is 6.34. The van der Waals surface area contributed by atoms with Gasteiger partial charge in [0.15, 0.2) is 0 Å². The fourth-order valence-corrected chi connectivity index (χ4v) is 1.72. The number of nitrogens with one attached hydrogen (secondary N) is 2. The Kier molecular flexibility index (Phi) is 5.17. The van der Waals surface area contributed by atoms with Crippen LogP contribution in [0.15, 0.2) is 66.4 Å². The molecule has 0 aromatic heterocycles. The Morgan fingerprint density at radius 3 is 1.91 bits per heavy atom. The van der Waals surface area contributed by atoms with Gasteiger partial charge < -0.3 is 4.84 Å². The monoisotopic (exact) mass is 330 g/mol. The quantitative estimate of drug-likeness (QED) is 0.466. The van der Waals surface area contributed by atoms with E-state index in [0.717, 1.165) is 11.1 Å². The van der Waals surface area contributed by atoms with Crippen LogP contribution in [0.5, 0.6) is 0 Å². The summed E-state index contributed by atoms with van der Waals surface area (Å²) in [7, 11) is 0. The van der Waals surface area contributed by atoms with Crippen LogP contribution in [0.2, 0.25) is 0 Å². The lowest BCUT2D eigenvalue weighted by molar-refractivity contribution is -0.146. The topological polar surface area (TPSA) is 33.3 Å². The zero-order valence-electron chi connectivity index (χ0n) is 11.5. The predicted octanol–water partition coefficient (Wildman–Crippen LogP) is 4.87. The van der Waals surface area contributed by atoms with Crippen LogP contribution in [0, 0.1) is 0 Å². The molecular weight excluding hydrogens is 319 g/mol. The van der Waals surface area contributed by atoms with Crippen molar-refractivity contribution < 1.29 is 26.8 Å². The second-order valence-corrected chi connectivity index (χ2v) is 4.36. The highest BCUT2D eigenvalue weighted by Crippen LogP contribution is 2.29. The molecular formula is C15H11F5N2O. The van der Waals surface area contributed by atoms with E-state index < -0.39 is 18.0 Å². The first-order valence-electron chi connectivity index (χ1n) is 6.34. The van der Waals surface area contributed by atoms with Gasteiger partial charge in [0.05, 0.1) is 5.69 Å². The highest BCUT2D eigenvalue weighted by molar-refractivity contribution is 5.65. The van der Waals surface area contributed by atoms with E-state index in [1.165, 1.54) is 0 Å². The van der Waals surface area contributed by atoms with Gasteiger partial charge in [-0.25, -0.2) is 0 Å². The number of rotatable bonds is 5. The SMILES string of the molecule is FC(F)=C(ONNc1ccc(-c2ccccc2)cc1)C(F)(F)F. The van der Waals surface area contributed by atoms with Crippen LogP contribution in [-0.2, 0) is 4.84 Å². The van der Waals surface area contributed by atoms with Crippen LogP contribution >= 0.6 is 0 Å². The maximum Gasteiger partial charge on any atom is 0.457 e. The summed E-state index contributed by atoms with van der Waals surface area (Å²) in [6, 6.07) is 16.0. The molecule has 2 rings (SSSR count). The van der Waals surface area contributed by atoms with Crippen LogP contribution in [0.1, 0.15) is 0 Å². The van der Waals surface area contributed by atoms with Crippen molar-refractivity contribution in [2.75, 3.05) is 5.43 Å². The van der Waals surface area contributed by atoms with Crippen LogP contribution in [0.4, 0.5) is 27.6 Å². The van der Waals surface area contributed by atoms with Crippen LogP contribution in [0.3, 0.4) is 0 Å². The summed E-state index contributed by atoms with van der Waals surface area (Å²) in [6.07, 6.45) is -8.25. The van der Waals surface area contributed by atoms with E-state index in [1.807, 2.05) is 30.3 Å². The highest BCUT2D eigenvalue weighted by Gasteiger charge is 2.41. The fraction of sp³-hybridized carbons (Fsp3) is 0.0667. The summed E-state index contributed by atoms with van der Waals surface area (Å²) < 4.78 is 60.9. The number of allylic oxidation sites excluding steroid dienone is 1. The van der Waals surface area contributed by atoms with Gasteiger partial charge in [-0.1, -0.05) is 48.1 Å². The average Bonchev–Trinajstić information content (AvgIpc) is 2.51. The molecule has 0 radical (unpaired) electrons. The molecule has 0 atom stereocenters. The summed E-state index contributed by atoms with van der Waals surface area (Å²) in [5, 5.41) is 0. The molecule has 0 bridgehead atoms. The molecule has 0 amide bonds. The minimum atomic E-state index is -5.29. The van der Waals surface area contributed by atoms with Gasteiger partial charge >= 0.3 is 12.3 Å². The highest BCUT2D eigenvalue weighted by atomic mass is 19.4. The lowest BCUT2D eigenvalue weighted by Crippen LogP contribution is -2.27. The minimum absolute atomic E-state index is 0.338. The van der Waals surface area contributed by atoms with E-state index >= 15 is 0 Å². The third-order valence-electron chi connectivity index (χ3n) is 2.77. The Labute approximate surface area is 128 Å². The average molecular weight is 330 g/mol. The normalized spacial score (nSPS) is 11.0. The van der Waals surface area contributed by atoms with Gasteiger partial charge in [-0.2, -0.15) is 22.0 Å². The molecule has 0 aliphatic rings. The van der Waals surface area contributed by atoms with E-state index in [-0.39, 0.29) is 0 Å². The van der Waals surface area contributed by atoms with E-state index in [0.29, 0.717) is 5.69 Å². The van der Waals surface area contributed by atoms with Crippen molar-refractivity contribution in [1.29, 1.82) is 0 Å². The molecule has 0 heterocycles. The van der Waals surface area contributed by atoms with Gasteiger partial charge in [0.2, 0.25) is 0 Å². The molecule has 122 valence electrons. The molecule has 0 saturated heterocycles. The number of hydrogen-bond donors (Lipinski definition) is 2. The van der Waals surface area contributed by atoms with Crippen molar-refractivity contribution in [3.05, 3.63) is 66.4 Å². The lowest BCUT2D eigenvalue weighted by atomic mass is 10.1. The Hall–Kier alpha value is -2.61. The predicted molar refractivity (Wildman–Crippen MR) is 75.0 cm³/mol. The zero-order valence-corrected chi connectivity index (χ0v) is 11.5. The first-order chi connectivity index (χ1) is 10.9. The molecule has 2 N–H and O–H groups in total. The van der Waals surface area contributed by atoms with Crippen LogP contribution < -0.4 is 11.0 Å². The number of hydrogen-bond acceptors (Lipinski definition) is 3. The summed E-state index contributed by atoms with van der Waals surface area (Å²) in [5.74, 6) is -2.40. The Morgan fingerprint density at radius 2 is 1.39 bits per heavy atom. The molecule has 0 fully saturated rings. The molecule has 2 aromatic rings. The van der Waals surface area contributed by atoms with E-state index in [1.54, 1.807) is 29.9 Å². The summed E-state index contributed by atoms with van der Waals surface area (Å²) in [4.78, 5) is 3.83. The molecule has 3 nitrogen and oxygen atoms in total. The minimum Gasteiger partial charge on any atom is -0.378 e. The molecule has 2 aromatic carbocycles. The standard InChI is InChI=1S/C15H11F5N2O/c16-14(17)13(15(18,19)20)23-22-21-12-8-6-11(7-9-12)10-4-2-1-3-5-10/h1-9,21-22H. The number of alkyl halides is 3. The summed E-state index contributed by atoms with van der Waals surface area (Å²) >= 11 is 0. The first kappa shape index (κ1) is 16.8. The molecule has 0 aliphatic carbocycles. The van der Waals surface area contributed by atoms with E-state index in [2.05, 4.69) is 10.3 Å². The number of halogens is 5. The van der Waals surface area contributed by atoms with Gasteiger partial charge in [-0.15, -0.1) is 0 Å². The fourth-order valence-electron chi connectivity index (χ4n) is 1.72.